The minimum atomic E-state index is -0.486. The lowest BCUT2D eigenvalue weighted by molar-refractivity contribution is 0.0689. The van der Waals surface area contributed by atoms with Crippen molar-refractivity contribution in [3.8, 4) is 0 Å². The number of likely N-dealkylation sites (tertiary alicyclic amines) is 1. The Balaban J connectivity index is 1.85. The van der Waals surface area contributed by atoms with Crippen molar-refractivity contribution in [3.63, 3.8) is 0 Å². The van der Waals surface area contributed by atoms with Gasteiger partial charge in [0, 0.05) is 12.6 Å². The van der Waals surface area contributed by atoms with Gasteiger partial charge in [-0.15, -0.1) is 0 Å². The summed E-state index contributed by atoms with van der Waals surface area (Å²) in [6, 6.07) is 4.83. The van der Waals surface area contributed by atoms with Gasteiger partial charge < -0.3 is 10.3 Å². The minimum absolute atomic E-state index is 0.0968. The lowest BCUT2D eigenvalue weighted by atomic mass is 9.95. The first-order valence-corrected chi connectivity index (χ1v) is 7.78. The Bertz CT molecular complexity index is 528. The van der Waals surface area contributed by atoms with Crippen LogP contribution in [-0.2, 0) is 0 Å². The summed E-state index contributed by atoms with van der Waals surface area (Å²) in [5.41, 5.74) is 2.76. The average molecular weight is 291 g/mol. The fourth-order valence-corrected chi connectivity index (χ4v) is 3.88. The van der Waals surface area contributed by atoms with Crippen LogP contribution in [0.2, 0.25) is 0 Å². The first-order chi connectivity index (χ1) is 10.2. The van der Waals surface area contributed by atoms with Gasteiger partial charge in [0.25, 0.3) is 5.91 Å². The van der Waals surface area contributed by atoms with Crippen LogP contribution >= 0.6 is 0 Å². The van der Waals surface area contributed by atoms with Crippen LogP contribution in [0.25, 0.3) is 0 Å². The molecule has 1 aromatic carbocycles. The van der Waals surface area contributed by atoms with E-state index in [2.05, 4.69) is 5.43 Å². The van der Waals surface area contributed by atoms with Crippen molar-refractivity contribution in [2.45, 2.75) is 44.6 Å². The predicted octanol–water partition coefficient (Wildman–Crippen LogP) is 2.91. The van der Waals surface area contributed by atoms with Gasteiger partial charge in [-0.2, -0.15) is 0 Å². The molecule has 1 aliphatic heterocycles. The SMILES string of the molecule is NNc1c(F)cccc1C(=O)N1CCCC1C1CCCC1. The number of hydrogen-bond acceptors (Lipinski definition) is 3. The summed E-state index contributed by atoms with van der Waals surface area (Å²) >= 11 is 0. The smallest absolute Gasteiger partial charge is 0.256 e. The number of nitrogen functional groups attached to an aromatic ring is 1. The molecule has 1 saturated carbocycles. The zero-order valence-electron chi connectivity index (χ0n) is 12.1. The first-order valence-electron chi connectivity index (χ1n) is 7.78. The lowest BCUT2D eigenvalue weighted by Gasteiger charge is -2.30. The minimum Gasteiger partial charge on any atom is -0.335 e. The summed E-state index contributed by atoms with van der Waals surface area (Å²) in [5.74, 6) is 5.41. The molecule has 5 heteroatoms. The van der Waals surface area contributed by atoms with Crippen molar-refractivity contribution in [2.24, 2.45) is 11.8 Å². The number of carbonyl (C=O) groups is 1. The molecule has 2 aliphatic rings. The molecule has 1 unspecified atom stereocenters. The molecular weight excluding hydrogens is 269 g/mol. The monoisotopic (exact) mass is 291 g/mol. The van der Waals surface area contributed by atoms with E-state index < -0.39 is 5.82 Å². The summed E-state index contributed by atoms with van der Waals surface area (Å²) in [7, 11) is 0. The Hall–Kier alpha value is -1.62. The number of nitrogens with zero attached hydrogens (tertiary/aromatic N) is 1. The van der Waals surface area contributed by atoms with Crippen molar-refractivity contribution in [3.05, 3.63) is 29.6 Å². The molecular formula is C16H22FN3O. The highest BCUT2D eigenvalue weighted by Crippen LogP contribution is 2.36. The van der Waals surface area contributed by atoms with Crippen LogP contribution in [-0.4, -0.2) is 23.4 Å². The van der Waals surface area contributed by atoms with Crippen molar-refractivity contribution >= 4 is 11.6 Å². The van der Waals surface area contributed by atoms with E-state index in [9.17, 15) is 9.18 Å². The van der Waals surface area contributed by atoms with Crippen molar-refractivity contribution < 1.29 is 9.18 Å². The van der Waals surface area contributed by atoms with E-state index in [4.69, 9.17) is 5.84 Å². The topological polar surface area (TPSA) is 58.4 Å². The van der Waals surface area contributed by atoms with Crippen LogP contribution in [0.5, 0.6) is 0 Å². The lowest BCUT2D eigenvalue weighted by Crippen LogP contribution is -2.39. The molecule has 1 heterocycles. The predicted molar refractivity (Wildman–Crippen MR) is 80.2 cm³/mol. The molecule has 0 bridgehead atoms. The number of hydrogen-bond donors (Lipinski definition) is 2. The fraction of sp³-hybridized carbons (Fsp3) is 0.562. The molecule has 0 aromatic heterocycles. The van der Waals surface area contributed by atoms with Crippen LogP contribution in [0, 0.1) is 11.7 Å². The van der Waals surface area contributed by atoms with Crippen molar-refractivity contribution in [1.29, 1.82) is 0 Å². The second-order valence-corrected chi connectivity index (χ2v) is 6.06. The van der Waals surface area contributed by atoms with E-state index in [1.807, 2.05) is 4.90 Å². The summed E-state index contributed by atoms with van der Waals surface area (Å²) < 4.78 is 13.8. The molecule has 21 heavy (non-hydrogen) atoms. The van der Waals surface area contributed by atoms with Gasteiger partial charge in [-0.25, -0.2) is 4.39 Å². The Morgan fingerprint density at radius 1 is 1.24 bits per heavy atom. The molecule has 1 amide bonds. The number of para-hydroxylation sites is 1. The van der Waals surface area contributed by atoms with Gasteiger partial charge >= 0.3 is 0 Å². The van der Waals surface area contributed by atoms with Gasteiger partial charge in [-0.3, -0.25) is 10.6 Å². The molecule has 3 N–H and O–H groups in total. The number of nitrogens with one attached hydrogen (secondary N) is 1. The van der Waals surface area contributed by atoms with Gasteiger partial charge in [0.05, 0.1) is 11.3 Å². The third-order valence-corrected chi connectivity index (χ3v) is 4.89. The average Bonchev–Trinajstić information content (AvgIpc) is 3.16. The van der Waals surface area contributed by atoms with Crippen LogP contribution < -0.4 is 11.3 Å². The molecule has 1 atom stereocenters. The Morgan fingerprint density at radius 2 is 2.00 bits per heavy atom. The number of carbonyl (C=O) groups excluding carboxylic acids is 1. The van der Waals surface area contributed by atoms with E-state index in [0.29, 0.717) is 17.5 Å². The zero-order valence-corrected chi connectivity index (χ0v) is 12.1. The summed E-state index contributed by atoms with van der Waals surface area (Å²) in [6.07, 6.45) is 7.04. The van der Waals surface area contributed by atoms with E-state index in [1.165, 1.54) is 31.7 Å². The van der Waals surface area contributed by atoms with Gasteiger partial charge in [-0.1, -0.05) is 18.9 Å². The number of rotatable bonds is 3. The Kier molecular flexibility index (Phi) is 4.10. The third-order valence-electron chi connectivity index (χ3n) is 4.89. The van der Waals surface area contributed by atoms with Gasteiger partial charge in [0.15, 0.2) is 0 Å². The van der Waals surface area contributed by atoms with Crippen molar-refractivity contribution in [2.75, 3.05) is 12.0 Å². The summed E-state index contributed by atoms with van der Waals surface area (Å²) in [4.78, 5) is 14.7. The second-order valence-electron chi connectivity index (χ2n) is 6.06. The molecule has 4 nitrogen and oxygen atoms in total. The number of anilines is 1. The maximum Gasteiger partial charge on any atom is 0.256 e. The first kappa shape index (κ1) is 14.3. The van der Waals surface area contributed by atoms with E-state index in [-0.39, 0.29) is 11.6 Å². The van der Waals surface area contributed by atoms with Crippen LogP contribution in [0.3, 0.4) is 0 Å². The maximum absolute atomic E-state index is 13.8. The number of benzene rings is 1. The highest BCUT2D eigenvalue weighted by Gasteiger charge is 2.36. The third kappa shape index (κ3) is 2.62. The fourth-order valence-electron chi connectivity index (χ4n) is 3.88. The summed E-state index contributed by atoms with van der Waals surface area (Å²) in [5, 5.41) is 0. The number of halogens is 1. The van der Waals surface area contributed by atoms with Gasteiger partial charge in [0.1, 0.15) is 5.82 Å². The highest BCUT2D eigenvalue weighted by atomic mass is 19.1. The quantitative estimate of drug-likeness (QED) is 0.665. The maximum atomic E-state index is 13.8. The molecule has 1 saturated heterocycles. The second kappa shape index (κ2) is 6.02. The van der Waals surface area contributed by atoms with Crippen LogP contribution in [0.15, 0.2) is 18.2 Å². The molecule has 3 rings (SSSR count). The van der Waals surface area contributed by atoms with Gasteiger partial charge in [0.2, 0.25) is 0 Å². The normalized spacial score (nSPS) is 22.8. The number of amides is 1. The Labute approximate surface area is 124 Å². The summed E-state index contributed by atoms with van der Waals surface area (Å²) in [6.45, 7) is 0.764. The molecule has 1 aromatic rings. The number of nitrogens with two attached hydrogens (primary N) is 1. The van der Waals surface area contributed by atoms with Crippen LogP contribution in [0.4, 0.5) is 10.1 Å². The standard InChI is InChI=1S/C16H22FN3O/c17-13-8-3-7-12(15(13)19-18)16(21)20-10-4-9-14(20)11-5-1-2-6-11/h3,7-8,11,14,19H,1-2,4-6,9-10,18H2. The Morgan fingerprint density at radius 3 is 2.71 bits per heavy atom. The van der Waals surface area contributed by atoms with Crippen LogP contribution in [0.1, 0.15) is 48.9 Å². The molecule has 0 spiro atoms. The van der Waals surface area contributed by atoms with E-state index in [0.717, 1.165) is 19.4 Å². The molecule has 1 aliphatic carbocycles. The van der Waals surface area contributed by atoms with E-state index >= 15 is 0 Å². The van der Waals surface area contributed by atoms with E-state index in [1.54, 1.807) is 12.1 Å². The number of hydrazine groups is 1. The molecule has 2 fully saturated rings. The molecule has 114 valence electrons. The zero-order chi connectivity index (χ0) is 14.8. The largest absolute Gasteiger partial charge is 0.335 e. The van der Waals surface area contributed by atoms with Crippen molar-refractivity contribution in [1.82, 2.24) is 4.90 Å². The highest BCUT2D eigenvalue weighted by molar-refractivity contribution is 6.00. The molecule has 0 radical (unpaired) electrons. The van der Waals surface area contributed by atoms with Gasteiger partial charge in [-0.05, 0) is 43.7 Å².